The van der Waals surface area contributed by atoms with Crippen LogP contribution in [0.25, 0.3) is 0 Å². The molecule has 2 heterocycles. The molecule has 94 valence electrons. The Hall–Kier alpha value is -0.620. The Labute approximate surface area is 110 Å². The van der Waals surface area contributed by atoms with Gasteiger partial charge in [-0.3, -0.25) is 4.79 Å². The number of nitrogens with zero attached hydrogens (tertiary/aromatic N) is 3. The number of rotatable bonds is 3. The van der Waals surface area contributed by atoms with E-state index in [1.54, 1.807) is 5.51 Å². The van der Waals surface area contributed by atoms with Crippen LogP contribution >= 0.6 is 23.1 Å². The predicted molar refractivity (Wildman–Crippen MR) is 70.3 cm³/mol. The van der Waals surface area contributed by atoms with Crippen LogP contribution in [0.15, 0.2) is 9.85 Å². The first-order valence-electron chi connectivity index (χ1n) is 5.99. The van der Waals surface area contributed by atoms with E-state index in [-0.39, 0.29) is 11.2 Å². The molecule has 1 unspecified atom stereocenters. The van der Waals surface area contributed by atoms with Crippen molar-refractivity contribution in [2.24, 2.45) is 0 Å². The summed E-state index contributed by atoms with van der Waals surface area (Å²) >= 11 is 3.00. The standard InChI is InChI=1S/C11H17N3OS2/c1-9(17-11-13-12-8-16-11)10(15)14-6-4-2-3-5-7-14/h8-9H,2-7H2,1H3. The summed E-state index contributed by atoms with van der Waals surface area (Å²) in [7, 11) is 0. The van der Waals surface area contributed by atoms with Crippen molar-refractivity contribution in [3.8, 4) is 0 Å². The molecule has 1 atom stereocenters. The summed E-state index contributed by atoms with van der Waals surface area (Å²) in [4.78, 5) is 14.2. The quantitative estimate of drug-likeness (QED) is 0.792. The van der Waals surface area contributed by atoms with E-state index in [2.05, 4.69) is 10.2 Å². The van der Waals surface area contributed by atoms with Crippen LogP contribution in [0.2, 0.25) is 0 Å². The van der Waals surface area contributed by atoms with Gasteiger partial charge in [-0.2, -0.15) is 0 Å². The third-order valence-electron chi connectivity index (χ3n) is 2.88. The molecule has 0 bridgehead atoms. The molecule has 0 aliphatic carbocycles. The highest BCUT2D eigenvalue weighted by molar-refractivity contribution is 8.02. The Bertz CT molecular complexity index is 348. The van der Waals surface area contributed by atoms with Crippen molar-refractivity contribution >= 4 is 29.0 Å². The fraction of sp³-hybridized carbons (Fsp3) is 0.727. The summed E-state index contributed by atoms with van der Waals surface area (Å²) in [5.74, 6) is 0.243. The fourth-order valence-corrected chi connectivity index (χ4v) is 3.67. The van der Waals surface area contributed by atoms with Gasteiger partial charge >= 0.3 is 0 Å². The SMILES string of the molecule is CC(Sc1nncs1)C(=O)N1CCCCCC1. The van der Waals surface area contributed by atoms with Crippen molar-refractivity contribution in [1.82, 2.24) is 15.1 Å². The largest absolute Gasteiger partial charge is 0.342 e. The van der Waals surface area contributed by atoms with Crippen molar-refractivity contribution in [2.45, 2.75) is 42.2 Å². The first-order valence-corrected chi connectivity index (χ1v) is 7.75. The highest BCUT2D eigenvalue weighted by Gasteiger charge is 2.22. The molecule has 0 spiro atoms. The topological polar surface area (TPSA) is 46.1 Å². The number of carbonyl (C=O) groups is 1. The third kappa shape index (κ3) is 3.67. The maximum absolute atomic E-state index is 12.2. The van der Waals surface area contributed by atoms with E-state index in [1.807, 2.05) is 11.8 Å². The van der Waals surface area contributed by atoms with Crippen molar-refractivity contribution < 1.29 is 4.79 Å². The number of aromatic nitrogens is 2. The summed E-state index contributed by atoms with van der Waals surface area (Å²) < 4.78 is 0.876. The minimum Gasteiger partial charge on any atom is -0.342 e. The first kappa shape index (κ1) is 12.8. The van der Waals surface area contributed by atoms with E-state index in [4.69, 9.17) is 0 Å². The lowest BCUT2D eigenvalue weighted by atomic mass is 10.2. The van der Waals surface area contributed by atoms with Gasteiger partial charge in [0.2, 0.25) is 5.91 Å². The lowest BCUT2D eigenvalue weighted by molar-refractivity contribution is -0.130. The van der Waals surface area contributed by atoms with Gasteiger partial charge < -0.3 is 4.90 Å². The van der Waals surface area contributed by atoms with Gasteiger partial charge in [0.25, 0.3) is 0 Å². The van der Waals surface area contributed by atoms with Gasteiger partial charge in [-0.1, -0.05) is 35.9 Å². The number of hydrogen-bond donors (Lipinski definition) is 0. The molecule has 1 aromatic rings. The highest BCUT2D eigenvalue weighted by atomic mass is 32.2. The Morgan fingerprint density at radius 2 is 2.12 bits per heavy atom. The first-order chi connectivity index (χ1) is 8.27. The van der Waals surface area contributed by atoms with Crippen molar-refractivity contribution in [3.63, 3.8) is 0 Å². The van der Waals surface area contributed by atoms with Gasteiger partial charge in [-0.15, -0.1) is 10.2 Å². The summed E-state index contributed by atoms with van der Waals surface area (Å²) in [6.45, 7) is 3.79. The van der Waals surface area contributed by atoms with E-state index in [0.717, 1.165) is 30.3 Å². The van der Waals surface area contributed by atoms with E-state index in [0.29, 0.717) is 0 Å². The molecular weight excluding hydrogens is 254 g/mol. The number of hydrogen-bond acceptors (Lipinski definition) is 5. The van der Waals surface area contributed by atoms with Crippen LogP contribution in [0.3, 0.4) is 0 Å². The van der Waals surface area contributed by atoms with Gasteiger partial charge in [0.05, 0.1) is 5.25 Å². The van der Waals surface area contributed by atoms with Crippen LogP contribution in [-0.4, -0.2) is 39.3 Å². The van der Waals surface area contributed by atoms with Gasteiger partial charge in [-0.25, -0.2) is 0 Å². The lowest BCUT2D eigenvalue weighted by Gasteiger charge is -2.23. The Balaban J connectivity index is 1.89. The van der Waals surface area contributed by atoms with Gasteiger partial charge in [0.15, 0.2) is 4.34 Å². The second kappa shape index (κ2) is 6.35. The molecule has 1 aromatic heterocycles. The minimum atomic E-state index is -0.0546. The molecule has 0 radical (unpaired) electrons. The molecule has 1 aliphatic heterocycles. The van der Waals surface area contributed by atoms with Gasteiger partial charge in [0, 0.05) is 13.1 Å². The molecule has 17 heavy (non-hydrogen) atoms. The van der Waals surface area contributed by atoms with Gasteiger partial charge in [-0.05, 0) is 19.8 Å². The summed E-state index contributed by atoms with van der Waals surface area (Å²) in [6.07, 6.45) is 4.78. The monoisotopic (exact) mass is 271 g/mol. The van der Waals surface area contributed by atoms with Crippen molar-refractivity contribution in [3.05, 3.63) is 5.51 Å². The Morgan fingerprint density at radius 3 is 2.71 bits per heavy atom. The Kier molecular flexibility index (Phi) is 4.79. The Morgan fingerprint density at radius 1 is 1.41 bits per heavy atom. The molecule has 0 N–H and O–H groups in total. The van der Waals surface area contributed by atoms with E-state index < -0.39 is 0 Å². The van der Waals surface area contributed by atoms with Crippen LogP contribution < -0.4 is 0 Å². The molecule has 0 aromatic carbocycles. The normalized spacial score (nSPS) is 18.8. The highest BCUT2D eigenvalue weighted by Crippen LogP contribution is 2.26. The molecule has 6 heteroatoms. The average Bonchev–Trinajstić information content (AvgIpc) is 2.68. The summed E-state index contributed by atoms with van der Waals surface area (Å²) in [5.41, 5.74) is 1.70. The zero-order valence-electron chi connectivity index (χ0n) is 9.96. The van der Waals surface area contributed by atoms with E-state index >= 15 is 0 Å². The third-order valence-corrected chi connectivity index (χ3v) is 4.78. The maximum atomic E-state index is 12.2. The molecule has 0 saturated carbocycles. The maximum Gasteiger partial charge on any atom is 0.235 e. The van der Waals surface area contributed by atoms with Crippen LogP contribution in [0.4, 0.5) is 0 Å². The molecule has 4 nitrogen and oxygen atoms in total. The van der Waals surface area contributed by atoms with Gasteiger partial charge in [0.1, 0.15) is 5.51 Å². The number of thioether (sulfide) groups is 1. The second-order valence-electron chi connectivity index (χ2n) is 4.20. The predicted octanol–water partition coefficient (Wildman–Crippen LogP) is 2.42. The molecule has 1 fully saturated rings. The second-order valence-corrected chi connectivity index (χ2v) is 6.63. The summed E-state index contributed by atoms with van der Waals surface area (Å²) in [6, 6.07) is 0. The van der Waals surface area contributed by atoms with E-state index in [9.17, 15) is 4.79 Å². The van der Waals surface area contributed by atoms with Crippen LogP contribution in [0.5, 0.6) is 0 Å². The molecule has 2 rings (SSSR count). The number of amides is 1. The molecule has 1 amide bonds. The number of likely N-dealkylation sites (tertiary alicyclic amines) is 1. The zero-order chi connectivity index (χ0) is 12.1. The number of carbonyl (C=O) groups excluding carboxylic acids is 1. The molecule has 1 saturated heterocycles. The minimum absolute atomic E-state index is 0.0546. The lowest BCUT2D eigenvalue weighted by Crippen LogP contribution is -2.37. The molecular formula is C11H17N3OS2. The summed E-state index contributed by atoms with van der Waals surface area (Å²) in [5, 5.41) is 7.69. The fourth-order valence-electron chi connectivity index (χ4n) is 1.96. The average molecular weight is 271 g/mol. The van der Waals surface area contributed by atoms with E-state index in [1.165, 1.54) is 35.9 Å². The zero-order valence-corrected chi connectivity index (χ0v) is 11.6. The van der Waals surface area contributed by atoms with Crippen molar-refractivity contribution in [2.75, 3.05) is 13.1 Å². The van der Waals surface area contributed by atoms with Crippen LogP contribution in [0, 0.1) is 0 Å². The smallest absolute Gasteiger partial charge is 0.235 e. The van der Waals surface area contributed by atoms with Crippen LogP contribution in [-0.2, 0) is 4.79 Å². The van der Waals surface area contributed by atoms with Crippen LogP contribution in [0.1, 0.15) is 32.6 Å². The molecule has 1 aliphatic rings. The van der Waals surface area contributed by atoms with Crippen molar-refractivity contribution in [1.29, 1.82) is 0 Å².